The van der Waals surface area contributed by atoms with Crippen LogP contribution in [0.2, 0.25) is 0 Å². The van der Waals surface area contributed by atoms with Crippen LogP contribution in [0.15, 0.2) is 470 Å². The molecule has 10 heteroatoms. The highest BCUT2D eigenvalue weighted by Crippen LogP contribution is 2.46. The maximum atomic E-state index is 6.93. The molecular formula is C120H76N8O2. The predicted octanol–water partition coefficient (Wildman–Crippen LogP) is 31.4. The summed E-state index contributed by atoms with van der Waals surface area (Å²) in [5, 5.41) is 8.65. The van der Waals surface area contributed by atoms with Gasteiger partial charge in [0.2, 0.25) is 0 Å². The summed E-state index contributed by atoms with van der Waals surface area (Å²) in [4.78, 5) is 30.8. The first kappa shape index (κ1) is 76.1. The Labute approximate surface area is 749 Å². The molecule has 6 heterocycles. The molecule has 0 aliphatic heterocycles. The van der Waals surface area contributed by atoms with E-state index in [4.69, 9.17) is 38.7 Å². The van der Waals surface area contributed by atoms with Crippen LogP contribution in [-0.2, 0) is 0 Å². The summed E-state index contributed by atoms with van der Waals surface area (Å²) in [5.41, 5.74) is 31.3. The predicted molar refractivity (Wildman–Crippen MR) is 534 cm³/mol. The normalized spacial score (nSPS) is 11.5. The van der Waals surface area contributed by atoms with Gasteiger partial charge in [-0.05, 0) is 175 Å². The van der Waals surface area contributed by atoms with Gasteiger partial charge in [0, 0.05) is 87.8 Å². The fourth-order valence-corrected chi connectivity index (χ4v) is 18.5. The van der Waals surface area contributed by atoms with Crippen molar-refractivity contribution in [2.24, 2.45) is 0 Å². The summed E-state index contributed by atoms with van der Waals surface area (Å²) in [6, 6.07) is 161. The molecule has 608 valence electrons. The lowest BCUT2D eigenvalue weighted by molar-refractivity contribution is 0.670. The minimum absolute atomic E-state index is 0.585. The highest BCUT2D eigenvalue weighted by atomic mass is 16.3. The second kappa shape index (κ2) is 32.5. The SMILES string of the molecule is c1ccc(-c2ccc(-c3cccc(-n4c5ccccc5c5ccc6c7cc(-c8nc(-c9ccc(-c%10ccccc%10)cc9)nc(-c9cccc(-c%10ccccc%10)c9)n8)ccc7oc6c54)c3)cc2)cc1.c1ccc(-c2ccc(-c3cccc(-n4c5ccccc5c5ccc6c7cc(-c8nc(-c9ccccc9)nc(-c9cccc(-c%10ccccc%10)c9)n8)ccc7oc6c54)c3)cc2)cc1. The number of aromatic nitrogens is 8. The van der Waals surface area contributed by atoms with Crippen molar-refractivity contribution in [1.82, 2.24) is 39.0 Å². The van der Waals surface area contributed by atoms with Crippen molar-refractivity contribution < 1.29 is 8.83 Å². The number of nitrogens with zero attached hydrogens (tertiary/aromatic N) is 8. The van der Waals surface area contributed by atoms with Crippen molar-refractivity contribution in [2.75, 3.05) is 0 Å². The van der Waals surface area contributed by atoms with E-state index in [9.17, 15) is 0 Å². The van der Waals surface area contributed by atoms with Crippen LogP contribution in [0.25, 0.3) is 245 Å². The van der Waals surface area contributed by atoms with Crippen molar-refractivity contribution in [3.63, 3.8) is 0 Å². The van der Waals surface area contributed by atoms with Gasteiger partial charge in [-0.15, -0.1) is 0 Å². The van der Waals surface area contributed by atoms with Gasteiger partial charge in [0.25, 0.3) is 0 Å². The Morgan fingerprint density at radius 1 is 0.146 bits per heavy atom. The molecule has 0 amide bonds. The van der Waals surface area contributed by atoms with Gasteiger partial charge < -0.3 is 18.0 Å². The minimum atomic E-state index is 0.585. The number of para-hydroxylation sites is 2. The van der Waals surface area contributed by atoms with Crippen LogP contribution in [0.5, 0.6) is 0 Å². The van der Waals surface area contributed by atoms with Gasteiger partial charge in [0.15, 0.2) is 46.1 Å². The summed E-state index contributed by atoms with van der Waals surface area (Å²) in [7, 11) is 0. The van der Waals surface area contributed by atoms with Gasteiger partial charge in [-0.25, -0.2) is 29.9 Å². The molecule has 0 aliphatic rings. The standard InChI is InChI=1S/C63H40N4O.C57H36N4O/c1-4-14-41(15-5-1)44-26-28-46(29-27-44)49-21-13-23-52(39-49)67-57-25-11-10-24-53(57)54-35-36-55-56-40-51(34-37-58(56)68-60(55)59(54)67)63-65-61(47-32-30-45(31-33-47)42-16-6-2-7-17-42)64-62(66-63)50-22-12-20-48(38-50)43-18-8-3-9-19-43;1-4-14-37(15-5-1)39-26-28-40(29-27-39)43-21-13-23-46(35-43)61-51-25-11-10-24-47(51)48-31-32-49-50-36-45(30-33-52(50)62-54(49)53(48)61)57-59-55(41-18-8-3-9-19-41)58-56(60-57)44-22-12-20-42(34-44)38-16-6-2-7-17-38/h1-40H;1-36H. The summed E-state index contributed by atoms with van der Waals surface area (Å²) in [5.74, 6) is 3.62. The number of hydrogen-bond donors (Lipinski definition) is 0. The molecule has 130 heavy (non-hydrogen) atoms. The molecule has 0 fully saturated rings. The van der Waals surface area contributed by atoms with E-state index in [0.29, 0.717) is 34.9 Å². The quantitative estimate of drug-likeness (QED) is 0.0997. The van der Waals surface area contributed by atoms with Gasteiger partial charge in [0.1, 0.15) is 11.2 Å². The zero-order valence-corrected chi connectivity index (χ0v) is 70.3. The first-order valence-electron chi connectivity index (χ1n) is 43.8. The third-order valence-corrected chi connectivity index (χ3v) is 24.9. The van der Waals surface area contributed by atoms with Crippen molar-refractivity contribution in [1.29, 1.82) is 0 Å². The molecular weight excluding hydrogens is 1590 g/mol. The Morgan fingerprint density at radius 3 is 0.731 bits per heavy atom. The van der Waals surface area contributed by atoms with E-state index in [1.807, 2.05) is 54.6 Å². The van der Waals surface area contributed by atoms with Gasteiger partial charge in [0.05, 0.1) is 22.1 Å². The van der Waals surface area contributed by atoms with Gasteiger partial charge >= 0.3 is 0 Å². The summed E-state index contributed by atoms with van der Waals surface area (Å²) >= 11 is 0. The van der Waals surface area contributed by atoms with Crippen LogP contribution in [0.4, 0.5) is 0 Å². The third kappa shape index (κ3) is 14.1. The van der Waals surface area contributed by atoms with Crippen molar-refractivity contribution in [3.8, 4) is 158 Å². The molecule has 0 bridgehead atoms. The zero-order chi connectivity index (χ0) is 86.0. The number of rotatable bonds is 15. The van der Waals surface area contributed by atoms with Gasteiger partial charge in [-0.3, -0.25) is 0 Å². The molecule has 10 nitrogen and oxygen atoms in total. The van der Waals surface area contributed by atoms with Crippen LogP contribution < -0.4 is 0 Å². The second-order valence-corrected chi connectivity index (χ2v) is 32.8. The summed E-state index contributed by atoms with van der Waals surface area (Å²) in [6.45, 7) is 0. The number of fused-ring (bicyclic) bond motifs is 14. The van der Waals surface area contributed by atoms with E-state index in [1.54, 1.807) is 0 Å². The highest BCUT2D eigenvalue weighted by molar-refractivity contribution is 6.23. The molecule has 0 atom stereocenters. The topological polar surface area (TPSA) is 113 Å². The van der Waals surface area contributed by atoms with E-state index < -0.39 is 0 Å². The van der Waals surface area contributed by atoms with Crippen molar-refractivity contribution in [3.05, 3.63) is 461 Å². The van der Waals surface area contributed by atoms with Crippen LogP contribution in [0, 0.1) is 0 Å². The molecule has 0 spiro atoms. The van der Waals surface area contributed by atoms with Crippen molar-refractivity contribution >= 4 is 87.5 Å². The van der Waals surface area contributed by atoms with Gasteiger partial charge in [-0.2, -0.15) is 0 Å². The Hall–Kier alpha value is -17.6. The van der Waals surface area contributed by atoms with E-state index >= 15 is 0 Å². The van der Waals surface area contributed by atoms with Gasteiger partial charge in [-0.1, -0.05) is 364 Å². The largest absolute Gasteiger partial charge is 0.454 e. The smallest absolute Gasteiger partial charge is 0.164 e. The first-order valence-corrected chi connectivity index (χ1v) is 43.8. The number of furan rings is 2. The Balaban J connectivity index is 0.000000145. The average molecular weight is 1660 g/mol. The van der Waals surface area contributed by atoms with Crippen LogP contribution in [0.1, 0.15) is 0 Å². The fourth-order valence-electron chi connectivity index (χ4n) is 18.5. The summed E-state index contributed by atoms with van der Waals surface area (Å²) in [6.07, 6.45) is 0. The molecule has 6 aromatic heterocycles. The van der Waals surface area contributed by atoms with Crippen LogP contribution >= 0.6 is 0 Å². The third-order valence-electron chi connectivity index (χ3n) is 24.9. The average Bonchev–Trinajstić information content (AvgIpc) is 1.56. The van der Waals surface area contributed by atoms with E-state index in [2.05, 4.69) is 416 Å². The molecule has 0 aliphatic carbocycles. The van der Waals surface area contributed by atoms with E-state index in [0.717, 1.165) is 177 Å². The van der Waals surface area contributed by atoms with Crippen LogP contribution in [-0.4, -0.2) is 39.0 Å². The highest BCUT2D eigenvalue weighted by Gasteiger charge is 2.25. The molecule has 0 saturated heterocycles. The van der Waals surface area contributed by atoms with Crippen molar-refractivity contribution in [2.45, 2.75) is 0 Å². The van der Waals surface area contributed by atoms with E-state index in [-0.39, 0.29) is 0 Å². The number of benzene rings is 19. The molecule has 0 radical (unpaired) electrons. The molecule has 25 aromatic rings. The Bertz CT molecular complexity index is 8610. The molecule has 25 rings (SSSR count). The molecule has 0 N–H and O–H groups in total. The second-order valence-electron chi connectivity index (χ2n) is 32.8. The maximum absolute atomic E-state index is 6.93. The lowest BCUT2D eigenvalue weighted by Crippen LogP contribution is -2.00. The fraction of sp³-hybridized carbons (Fsp3) is 0. The molecule has 0 unspecified atom stereocenters. The lowest BCUT2D eigenvalue weighted by atomic mass is 10.00. The zero-order valence-electron chi connectivity index (χ0n) is 70.3. The lowest BCUT2D eigenvalue weighted by Gasteiger charge is -2.11. The monoisotopic (exact) mass is 1660 g/mol. The van der Waals surface area contributed by atoms with Crippen LogP contribution in [0.3, 0.4) is 0 Å². The maximum Gasteiger partial charge on any atom is 0.164 e. The Morgan fingerprint density at radius 2 is 0.377 bits per heavy atom. The Kier molecular flexibility index (Phi) is 19.0. The molecule has 0 saturated carbocycles. The minimum Gasteiger partial charge on any atom is -0.454 e. The summed E-state index contributed by atoms with van der Waals surface area (Å²) < 4.78 is 18.5. The molecule has 19 aromatic carbocycles. The first-order chi connectivity index (χ1) is 64.4. The number of hydrogen-bond acceptors (Lipinski definition) is 8. The van der Waals surface area contributed by atoms with E-state index in [1.165, 1.54) is 33.0 Å².